The average molecular weight is 255 g/mol. The lowest BCUT2D eigenvalue weighted by molar-refractivity contribution is -0.121. The molecule has 0 saturated heterocycles. The smallest absolute Gasteiger partial charge is 0.221 e. The van der Waals surface area contributed by atoms with Gasteiger partial charge in [-0.1, -0.05) is 5.21 Å². The quantitative estimate of drug-likeness (QED) is 0.596. The molecule has 0 bridgehead atoms. The third kappa shape index (κ3) is 5.74. The molecule has 102 valence electrons. The Labute approximate surface area is 107 Å². The predicted octanol–water partition coefficient (Wildman–Crippen LogP) is -0.772. The van der Waals surface area contributed by atoms with Gasteiger partial charge in [-0.3, -0.25) is 9.48 Å². The highest BCUT2D eigenvalue weighted by molar-refractivity contribution is 5.75. The largest absolute Gasteiger partial charge is 0.390 e. The van der Waals surface area contributed by atoms with Crippen molar-refractivity contribution in [3.05, 3.63) is 11.9 Å². The molecule has 0 fully saturated rings. The van der Waals surface area contributed by atoms with Gasteiger partial charge in [0.2, 0.25) is 5.91 Å². The summed E-state index contributed by atoms with van der Waals surface area (Å²) in [6.07, 6.45) is 2.95. The lowest BCUT2D eigenvalue weighted by atomic mass is 10.3. The highest BCUT2D eigenvalue weighted by Gasteiger charge is 2.03. The summed E-state index contributed by atoms with van der Waals surface area (Å²) in [6, 6.07) is 0. The van der Waals surface area contributed by atoms with Crippen molar-refractivity contribution < 1.29 is 9.90 Å². The van der Waals surface area contributed by atoms with E-state index in [1.807, 2.05) is 14.1 Å². The number of aliphatic hydroxyl groups is 1. The zero-order valence-electron chi connectivity index (χ0n) is 11.0. The Bertz CT molecular complexity index is 364. The second-order valence-electron chi connectivity index (χ2n) is 4.39. The van der Waals surface area contributed by atoms with E-state index in [-0.39, 0.29) is 12.5 Å². The standard InChI is InChI=1S/C11H21N5O2/c1-15(2)6-3-5-12-11(18)4-7-16-8-10(9-17)13-14-16/h8,17H,3-7,9H2,1-2H3,(H,12,18). The van der Waals surface area contributed by atoms with Crippen molar-refractivity contribution in [2.75, 3.05) is 27.2 Å². The van der Waals surface area contributed by atoms with Gasteiger partial charge in [0, 0.05) is 13.0 Å². The number of hydrogen-bond donors (Lipinski definition) is 2. The fourth-order valence-electron chi connectivity index (χ4n) is 1.45. The zero-order chi connectivity index (χ0) is 13.4. The molecule has 7 nitrogen and oxygen atoms in total. The Balaban J connectivity index is 2.13. The van der Waals surface area contributed by atoms with Gasteiger partial charge >= 0.3 is 0 Å². The van der Waals surface area contributed by atoms with Gasteiger partial charge in [-0.25, -0.2) is 0 Å². The molecule has 1 amide bonds. The van der Waals surface area contributed by atoms with Gasteiger partial charge in [-0.2, -0.15) is 0 Å². The van der Waals surface area contributed by atoms with Crippen molar-refractivity contribution in [1.29, 1.82) is 0 Å². The normalized spacial score (nSPS) is 10.9. The Morgan fingerprint density at radius 1 is 1.56 bits per heavy atom. The highest BCUT2D eigenvalue weighted by Crippen LogP contribution is 1.94. The summed E-state index contributed by atoms with van der Waals surface area (Å²) in [7, 11) is 4.01. The Morgan fingerprint density at radius 3 is 2.94 bits per heavy atom. The third-order valence-corrected chi connectivity index (χ3v) is 2.42. The van der Waals surface area contributed by atoms with Gasteiger partial charge in [-0.15, -0.1) is 5.10 Å². The van der Waals surface area contributed by atoms with Crippen LogP contribution < -0.4 is 5.32 Å². The van der Waals surface area contributed by atoms with Crippen LogP contribution in [0, 0.1) is 0 Å². The van der Waals surface area contributed by atoms with E-state index in [0.29, 0.717) is 25.2 Å². The molecule has 0 saturated carbocycles. The minimum absolute atomic E-state index is 0.00908. The second-order valence-corrected chi connectivity index (χ2v) is 4.39. The van der Waals surface area contributed by atoms with E-state index in [4.69, 9.17) is 5.11 Å². The van der Waals surface area contributed by atoms with E-state index in [2.05, 4.69) is 20.5 Å². The van der Waals surface area contributed by atoms with Gasteiger partial charge in [0.1, 0.15) is 5.69 Å². The number of carbonyl (C=O) groups excluding carboxylic acids is 1. The van der Waals surface area contributed by atoms with E-state index in [1.165, 1.54) is 0 Å². The van der Waals surface area contributed by atoms with Crippen molar-refractivity contribution in [1.82, 2.24) is 25.2 Å². The minimum Gasteiger partial charge on any atom is -0.390 e. The zero-order valence-corrected chi connectivity index (χ0v) is 11.0. The molecule has 0 radical (unpaired) electrons. The van der Waals surface area contributed by atoms with Crippen molar-refractivity contribution in [2.45, 2.75) is 26.0 Å². The molecule has 18 heavy (non-hydrogen) atoms. The molecule has 1 rings (SSSR count). The maximum Gasteiger partial charge on any atom is 0.221 e. The molecule has 7 heteroatoms. The number of hydrogen-bond acceptors (Lipinski definition) is 5. The maximum absolute atomic E-state index is 11.5. The maximum atomic E-state index is 11.5. The van der Waals surface area contributed by atoms with Crippen molar-refractivity contribution in [2.24, 2.45) is 0 Å². The van der Waals surface area contributed by atoms with Crippen LogP contribution in [0.15, 0.2) is 6.20 Å². The summed E-state index contributed by atoms with van der Waals surface area (Å²) in [4.78, 5) is 13.6. The van der Waals surface area contributed by atoms with Crippen molar-refractivity contribution in [3.8, 4) is 0 Å². The number of aryl methyl sites for hydroxylation is 1. The number of aliphatic hydroxyl groups excluding tert-OH is 1. The van der Waals surface area contributed by atoms with Gasteiger partial charge in [0.15, 0.2) is 0 Å². The number of amides is 1. The first kappa shape index (κ1) is 14.6. The molecule has 0 aliphatic heterocycles. The highest BCUT2D eigenvalue weighted by atomic mass is 16.3. The molecule has 0 unspecified atom stereocenters. The summed E-state index contributed by atoms with van der Waals surface area (Å²) in [6.45, 7) is 2.00. The summed E-state index contributed by atoms with van der Waals surface area (Å²) in [5.41, 5.74) is 0.515. The second kappa shape index (κ2) is 7.78. The van der Waals surface area contributed by atoms with Crippen LogP contribution in [-0.2, 0) is 17.9 Å². The fourth-order valence-corrected chi connectivity index (χ4v) is 1.45. The molecule has 0 aromatic carbocycles. The third-order valence-electron chi connectivity index (χ3n) is 2.42. The summed E-state index contributed by atoms with van der Waals surface area (Å²) >= 11 is 0. The SMILES string of the molecule is CN(C)CCCNC(=O)CCn1cc(CO)nn1. The molecule has 0 aliphatic rings. The van der Waals surface area contributed by atoms with E-state index >= 15 is 0 Å². The lowest BCUT2D eigenvalue weighted by Crippen LogP contribution is -2.27. The number of rotatable bonds is 8. The van der Waals surface area contributed by atoms with Crippen LogP contribution in [-0.4, -0.2) is 58.1 Å². The van der Waals surface area contributed by atoms with E-state index < -0.39 is 0 Å². The molecule has 0 aliphatic carbocycles. The lowest BCUT2D eigenvalue weighted by Gasteiger charge is -2.09. The van der Waals surface area contributed by atoms with Gasteiger partial charge in [0.05, 0.1) is 19.3 Å². The predicted molar refractivity (Wildman–Crippen MR) is 66.7 cm³/mol. The van der Waals surface area contributed by atoms with Crippen molar-refractivity contribution in [3.63, 3.8) is 0 Å². The molecule has 1 aromatic heterocycles. The first-order chi connectivity index (χ1) is 8.61. The fraction of sp³-hybridized carbons (Fsp3) is 0.727. The molecule has 1 aromatic rings. The van der Waals surface area contributed by atoms with Crippen LogP contribution in [0.3, 0.4) is 0 Å². The molecule has 0 atom stereocenters. The number of carbonyl (C=O) groups is 1. The van der Waals surface area contributed by atoms with E-state index in [0.717, 1.165) is 13.0 Å². The summed E-state index contributed by atoms with van der Waals surface area (Å²) in [5, 5.41) is 19.2. The molecule has 0 spiro atoms. The van der Waals surface area contributed by atoms with Crippen LogP contribution in [0.25, 0.3) is 0 Å². The van der Waals surface area contributed by atoms with Crippen LogP contribution in [0.2, 0.25) is 0 Å². The molecular formula is C11H21N5O2. The molecular weight excluding hydrogens is 234 g/mol. The number of aromatic nitrogens is 3. The topological polar surface area (TPSA) is 83.3 Å². The van der Waals surface area contributed by atoms with Crippen LogP contribution >= 0.6 is 0 Å². The van der Waals surface area contributed by atoms with Crippen LogP contribution in [0.4, 0.5) is 0 Å². The average Bonchev–Trinajstić information content (AvgIpc) is 2.80. The molecule has 1 heterocycles. The first-order valence-corrected chi connectivity index (χ1v) is 6.03. The van der Waals surface area contributed by atoms with Crippen LogP contribution in [0.5, 0.6) is 0 Å². The Kier molecular flexibility index (Phi) is 6.31. The van der Waals surface area contributed by atoms with Gasteiger partial charge in [-0.05, 0) is 27.1 Å². The molecule has 2 N–H and O–H groups in total. The summed E-state index contributed by atoms with van der Waals surface area (Å²) in [5.74, 6) is 0.00908. The van der Waals surface area contributed by atoms with E-state index in [9.17, 15) is 4.79 Å². The van der Waals surface area contributed by atoms with Gasteiger partial charge in [0.25, 0.3) is 0 Å². The summed E-state index contributed by atoms with van der Waals surface area (Å²) < 4.78 is 1.56. The van der Waals surface area contributed by atoms with E-state index in [1.54, 1.807) is 10.9 Å². The number of nitrogens with zero attached hydrogens (tertiary/aromatic N) is 4. The first-order valence-electron chi connectivity index (χ1n) is 6.03. The van der Waals surface area contributed by atoms with Crippen molar-refractivity contribution >= 4 is 5.91 Å². The Morgan fingerprint density at radius 2 is 2.33 bits per heavy atom. The number of nitrogens with one attached hydrogen (secondary N) is 1. The van der Waals surface area contributed by atoms with Crippen LogP contribution in [0.1, 0.15) is 18.5 Å². The Hall–Kier alpha value is -1.47. The minimum atomic E-state index is -0.128. The van der Waals surface area contributed by atoms with Gasteiger partial charge < -0.3 is 15.3 Å². The monoisotopic (exact) mass is 255 g/mol.